The van der Waals surface area contributed by atoms with Gasteiger partial charge in [0.05, 0.1) is 17.6 Å². The molecule has 3 aromatic rings. The van der Waals surface area contributed by atoms with Crippen LogP contribution in [-0.4, -0.2) is 20.8 Å². The molecular weight excluding hydrogens is 365 g/mol. The zero-order valence-corrected chi connectivity index (χ0v) is 16.1. The van der Waals surface area contributed by atoms with Crippen LogP contribution in [0.3, 0.4) is 0 Å². The van der Waals surface area contributed by atoms with E-state index in [2.05, 4.69) is 29.0 Å². The van der Waals surface area contributed by atoms with E-state index in [1.54, 1.807) is 18.3 Å². The lowest BCUT2D eigenvalue weighted by atomic mass is 9.97. The molecule has 28 heavy (non-hydrogen) atoms. The highest BCUT2D eigenvalue weighted by molar-refractivity contribution is 5.81. The smallest absolute Gasteiger partial charge is 0.395 e. The molecule has 4 nitrogen and oxygen atoms in total. The zero-order chi connectivity index (χ0) is 21.1. The van der Waals surface area contributed by atoms with Crippen LogP contribution in [0, 0.1) is 13.8 Å². The number of rotatable bonds is 3. The Morgan fingerprint density at radius 2 is 1.89 bits per heavy atom. The molecule has 0 aliphatic carbocycles. The van der Waals surface area contributed by atoms with Gasteiger partial charge in [0.25, 0.3) is 0 Å². The van der Waals surface area contributed by atoms with Crippen LogP contribution < -0.4 is 5.73 Å². The molecule has 2 N–H and O–H groups in total. The van der Waals surface area contributed by atoms with E-state index >= 15 is 0 Å². The van der Waals surface area contributed by atoms with Gasteiger partial charge in [-0.25, -0.2) is 4.52 Å². The van der Waals surface area contributed by atoms with Crippen LogP contribution in [-0.2, 0) is 0 Å². The first-order valence-corrected chi connectivity index (χ1v) is 8.60. The van der Waals surface area contributed by atoms with Crippen molar-refractivity contribution in [2.45, 2.75) is 32.9 Å². The number of hydrogen-bond donors (Lipinski definition) is 1. The number of fused-ring (bicyclic) bond motifs is 1. The largest absolute Gasteiger partial charge is 0.405 e. The lowest BCUT2D eigenvalue weighted by Crippen LogP contribution is -2.17. The van der Waals surface area contributed by atoms with Crippen molar-refractivity contribution < 1.29 is 13.2 Å². The van der Waals surface area contributed by atoms with Gasteiger partial charge < -0.3 is 5.73 Å². The van der Waals surface area contributed by atoms with Gasteiger partial charge in [-0.15, -0.1) is 0 Å². The molecule has 0 spiro atoms. The third kappa shape index (κ3) is 4.42. The van der Waals surface area contributed by atoms with Gasteiger partial charge in [0.1, 0.15) is 0 Å². The highest BCUT2D eigenvalue weighted by Gasteiger charge is 2.38. The Morgan fingerprint density at radius 1 is 1.25 bits per heavy atom. The van der Waals surface area contributed by atoms with Crippen molar-refractivity contribution >= 4 is 11.1 Å². The molecule has 0 fully saturated rings. The second-order valence-corrected chi connectivity index (χ2v) is 6.41. The van der Waals surface area contributed by atoms with Gasteiger partial charge in [0, 0.05) is 28.7 Å². The molecule has 0 amide bonds. The van der Waals surface area contributed by atoms with Gasteiger partial charge >= 0.3 is 6.18 Å². The van der Waals surface area contributed by atoms with Crippen LogP contribution in [0.5, 0.6) is 0 Å². The first kappa shape index (κ1) is 21.2. The van der Waals surface area contributed by atoms with Gasteiger partial charge in [0.2, 0.25) is 0 Å². The first-order chi connectivity index (χ1) is 13.1. The second kappa shape index (κ2) is 8.29. The van der Waals surface area contributed by atoms with E-state index in [-0.39, 0.29) is 5.56 Å². The molecule has 7 heteroatoms. The Hall–Kier alpha value is -3.09. The van der Waals surface area contributed by atoms with E-state index in [1.165, 1.54) is 16.9 Å². The summed E-state index contributed by atoms with van der Waals surface area (Å²) in [6.45, 7) is 12.2. The quantitative estimate of drug-likeness (QED) is 0.674. The summed E-state index contributed by atoms with van der Waals surface area (Å²) >= 11 is 0. The number of pyridine rings is 2. The van der Waals surface area contributed by atoms with Gasteiger partial charge in [-0.1, -0.05) is 19.2 Å². The van der Waals surface area contributed by atoms with Gasteiger partial charge in [-0.2, -0.15) is 18.3 Å². The Kier molecular flexibility index (Phi) is 6.28. The molecule has 3 aromatic heterocycles. The van der Waals surface area contributed by atoms with Crippen molar-refractivity contribution in [3.63, 3.8) is 0 Å². The predicted molar refractivity (Wildman–Crippen MR) is 106 cm³/mol. The summed E-state index contributed by atoms with van der Waals surface area (Å²) in [6.07, 6.45) is -0.133. The maximum Gasteiger partial charge on any atom is 0.395 e. The Balaban J connectivity index is 0.000000878. The Labute approximate surface area is 162 Å². The zero-order valence-electron chi connectivity index (χ0n) is 16.1. The monoisotopic (exact) mass is 388 g/mol. The molecule has 0 bridgehead atoms. The minimum Gasteiger partial charge on any atom is -0.405 e. The van der Waals surface area contributed by atoms with Crippen LogP contribution in [0.4, 0.5) is 13.2 Å². The van der Waals surface area contributed by atoms with Crippen molar-refractivity contribution in [1.29, 1.82) is 0 Å². The third-order valence-corrected chi connectivity index (χ3v) is 4.41. The van der Waals surface area contributed by atoms with E-state index < -0.39 is 12.1 Å². The fourth-order valence-electron chi connectivity index (χ4n) is 2.86. The molecule has 0 aliphatic heterocycles. The summed E-state index contributed by atoms with van der Waals surface area (Å²) in [5.74, 6) is -1.59. The minimum atomic E-state index is -4.31. The standard InChI is InChI=1S/C19H18F3N3.C2H5N/c1-11-5-6-16(14(4)24-11)12(2)15-7-8-25-18(9-15)17(10-23-25)13(3)19(20,21)22;1-2-3/h5-10,13H,2H2,1,3-4H3;2H,1,3H2. The molecule has 1 atom stereocenters. The lowest BCUT2D eigenvalue weighted by molar-refractivity contribution is -0.146. The van der Waals surface area contributed by atoms with Crippen molar-refractivity contribution in [2.75, 3.05) is 0 Å². The van der Waals surface area contributed by atoms with E-state index in [0.29, 0.717) is 5.52 Å². The minimum absolute atomic E-state index is 0.154. The van der Waals surface area contributed by atoms with E-state index in [0.717, 1.165) is 35.0 Å². The average molecular weight is 388 g/mol. The van der Waals surface area contributed by atoms with Gasteiger partial charge in [-0.05, 0) is 56.3 Å². The third-order valence-electron chi connectivity index (χ3n) is 4.41. The number of aromatic nitrogens is 3. The van der Waals surface area contributed by atoms with Gasteiger partial charge in [-0.3, -0.25) is 4.98 Å². The van der Waals surface area contributed by atoms with Crippen LogP contribution in [0.15, 0.2) is 56.0 Å². The Morgan fingerprint density at radius 3 is 2.46 bits per heavy atom. The lowest BCUT2D eigenvalue weighted by Gasteiger charge is -2.15. The predicted octanol–water partition coefficient (Wildman–Crippen LogP) is 5.16. The molecule has 0 saturated heterocycles. The maximum absolute atomic E-state index is 13.1. The number of halogens is 3. The molecular formula is C21H23F3N4. The summed E-state index contributed by atoms with van der Waals surface area (Å²) in [7, 11) is 0. The van der Waals surface area contributed by atoms with E-state index in [9.17, 15) is 13.2 Å². The number of nitrogens with two attached hydrogens (primary N) is 1. The van der Waals surface area contributed by atoms with Crippen LogP contribution in [0.25, 0.3) is 11.1 Å². The van der Waals surface area contributed by atoms with Crippen molar-refractivity contribution in [1.82, 2.24) is 14.6 Å². The Bertz CT molecular complexity index is 1000. The van der Waals surface area contributed by atoms with Crippen molar-refractivity contribution in [3.05, 3.63) is 84.1 Å². The van der Waals surface area contributed by atoms with Crippen LogP contribution in [0.1, 0.15) is 40.9 Å². The fraction of sp³-hybridized carbons (Fsp3) is 0.238. The van der Waals surface area contributed by atoms with E-state index in [1.807, 2.05) is 26.0 Å². The first-order valence-electron chi connectivity index (χ1n) is 8.60. The van der Waals surface area contributed by atoms with Crippen LogP contribution >= 0.6 is 0 Å². The molecule has 0 radical (unpaired) electrons. The normalized spacial score (nSPS) is 12.2. The highest BCUT2D eigenvalue weighted by atomic mass is 19.4. The maximum atomic E-state index is 13.1. The van der Waals surface area contributed by atoms with Crippen molar-refractivity contribution in [3.8, 4) is 0 Å². The molecule has 148 valence electrons. The number of nitrogens with zero attached hydrogens (tertiary/aromatic N) is 3. The number of hydrogen-bond acceptors (Lipinski definition) is 3. The van der Waals surface area contributed by atoms with E-state index in [4.69, 9.17) is 0 Å². The SMILES string of the molecule is C=C(c1ccn2ncc(C(C)C(F)(F)F)c2c1)c1ccc(C)nc1C.C=CN. The average Bonchev–Trinajstić information content (AvgIpc) is 3.03. The molecule has 3 heterocycles. The summed E-state index contributed by atoms with van der Waals surface area (Å²) in [5.41, 5.74) is 9.28. The summed E-state index contributed by atoms with van der Waals surface area (Å²) in [6, 6.07) is 7.32. The summed E-state index contributed by atoms with van der Waals surface area (Å²) in [5, 5.41) is 4.03. The van der Waals surface area contributed by atoms with Gasteiger partial charge in [0.15, 0.2) is 0 Å². The second-order valence-electron chi connectivity index (χ2n) is 6.41. The highest BCUT2D eigenvalue weighted by Crippen LogP contribution is 2.36. The molecule has 1 unspecified atom stereocenters. The fourth-order valence-corrected chi connectivity index (χ4v) is 2.86. The molecule has 0 aromatic carbocycles. The number of aryl methyl sites for hydroxylation is 2. The molecule has 3 rings (SSSR count). The van der Waals surface area contributed by atoms with Crippen molar-refractivity contribution in [2.24, 2.45) is 5.73 Å². The number of alkyl halides is 3. The summed E-state index contributed by atoms with van der Waals surface area (Å²) < 4.78 is 40.7. The summed E-state index contributed by atoms with van der Waals surface area (Å²) in [4.78, 5) is 4.42. The molecule has 0 saturated carbocycles. The topological polar surface area (TPSA) is 56.2 Å². The van der Waals surface area contributed by atoms with Crippen LogP contribution in [0.2, 0.25) is 0 Å². The molecule has 0 aliphatic rings.